The van der Waals surface area contributed by atoms with Crippen LogP contribution in [0.4, 0.5) is 0 Å². The lowest BCUT2D eigenvalue weighted by Crippen LogP contribution is -2.32. The van der Waals surface area contributed by atoms with Crippen molar-refractivity contribution in [2.45, 2.75) is 25.3 Å². The molecule has 1 unspecified atom stereocenters. The minimum atomic E-state index is -4.13. The molecule has 0 radical (unpaired) electrons. The van der Waals surface area contributed by atoms with Crippen LogP contribution in [-0.2, 0) is 9.36 Å². The molecule has 0 saturated heterocycles. The standard InChI is InChI=1S/C6H12NO6P/c1-6(7-10,5(8)9)3-2-4-14(11,12)13/h2-4H2,1H3,(H,8,9)(H2,11,12,13). The van der Waals surface area contributed by atoms with E-state index in [1.165, 1.54) is 0 Å². The van der Waals surface area contributed by atoms with Crippen molar-refractivity contribution in [3.63, 3.8) is 0 Å². The van der Waals surface area contributed by atoms with E-state index in [0.717, 1.165) is 6.92 Å². The molecule has 0 aromatic carbocycles. The van der Waals surface area contributed by atoms with Gasteiger partial charge < -0.3 is 14.9 Å². The van der Waals surface area contributed by atoms with Crippen LogP contribution in [0.2, 0.25) is 0 Å². The fourth-order valence-corrected chi connectivity index (χ4v) is 1.39. The SMILES string of the molecule is CC(CCCP(=O)(O)O)(N=O)C(=O)O. The molecule has 1 atom stereocenters. The van der Waals surface area contributed by atoms with E-state index in [4.69, 9.17) is 14.9 Å². The maximum atomic E-state index is 10.5. The first-order valence-electron chi connectivity index (χ1n) is 3.84. The Labute approximate surface area is 80.3 Å². The third-order valence-corrected chi connectivity index (χ3v) is 2.67. The molecular formula is C6H12NO6P. The van der Waals surface area contributed by atoms with E-state index in [9.17, 15) is 14.3 Å². The molecule has 0 aromatic heterocycles. The molecule has 14 heavy (non-hydrogen) atoms. The normalized spacial score (nSPS) is 15.9. The van der Waals surface area contributed by atoms with Gasteiger partial charge in [-0.1, -0.05) is 5.18 Å². The topological polar surface area (TPSA) is 124 Å². The quantitative estimate of drug-likeness (QED) is 0.448. The molecule has 0 fully saturated rings. The van der Waals surface area contributed by atoms with Crippen molar-refractivity contribution in [2.75, 3.05) is 6.16 Å². The zero-order valence-corrected chi connectivity index (χ0v) is 8.48. The number of carboxylic acids is 1. The molecular weight excluding hydrogens is 213 g/mol. The Hall–Kier alpha value is -0.780. The summed E-state index contributed by atoms with van der Waals surface area (Å²) >= 11 is 0. The van der Waals surface area contributed by atoms with Gasteiger partial charge in [-0.15, -0.1) is 4.91 Å². The zero-order chi connectivity index (χ0) is 11.4. The monoisotopic (exact) mass is 225 g/mol. The first-order chi connectivity index (χ1) is 6.21. The number of carbonyl (C=O) groups is 1. The van der Waals surface area contributed by atoms with Crippen LogP contribution in [0.3, 0.4) is 0 Å². The van der Waals surface area contributed by atoms with Crippen molar-refractivity contribution < 1.29 is 24.3 Å². The van der Waals surface area contributed by atoms with Crippen LogP contribution >= 0.6 is 7.60 Å². The Bertz CT molecular complexity index is 273. The Morgan fingerprint density at radius 1 is 1.50 bits per heavy atom. The van der Waals surface area contributed by atoms with Crippen LogP contribution in [0, 0.1) is 4.91 Å². The number of nitroso groups, excluding NO2 is 1. The highest BCUT2D eigenvalue weighted by Gasteiger charge is 2.34. The van der Waals surface area contributed by atoms with Crippen molar-refractivity contribution in [1.29, 1.82) is 0 Å². The molecule has 0 aliphatic heterocycles. The van der Waals surface area contributed by atoms with Gasteiger partial charge in [-0.3, -0.25) is 4.57 Å². The molecule has 7 nitrogen and oxygen atoms in total. The smallest absolute Gasteiger partial charge is 0.334 e. The number of carboxylic acid groups (broad SMARTS) is 1. The van der Waals surface area contributed by atoms with Gasteiger partial charge in [-0.2, -0.15) is 0 Å². The van der Waals surface area contributed by atoms with E-state index < -0.39 is 25.3 Å². The van der Waals surface area contributed by atoms with Gasteiger partial charge in [0.25, 0.3) is 0 Å². The van der Waals surface area contributed by atoms with E-state index >= 15 is 0 Å². The summed E-state index contributed by atoms with van der Waals surface area (Å²) in [6, 6.07) is 0. The van der Waals surface area contributed by atoms with Gasteiger partial charge in [0, 0.05) is 6.16 Å². The molecule has 3 N–H and O–H groups in total. The molecule has 0 amide bonds. The van der Waals surface area contributed by atoms with Crippen molar-refractivity contribution in [2.24, 2.45) is 5.18 Å². The number of nitrogens with zero attached hydrogens (tertiary/aromatic N) is 1. The van der Waals surface area contributed by atoms with Crippen molar-refractivity contribution in [1.82, 2.24) is 0 Å². The molecule has 0 aromatic rings. The lowest BCUT2D eigenvalue weighted by Gasteiger charge is -2.15. The highest BCUT2D eigenvalue weighted by atomic mass is 31.2. The second-order valence-electron chi connectivity index (χ2n) is 3.16. The van der Waals surface area contributed by atoms with Crippen LogP contribution in [0.15, 0.2) is 5.18 Å². The minimum Gasteiger partial charge on any atom is -0.479 e. The minimum absolute atomic E-state index is 0.0567. The number of rotatable bonds is 6. The van der Waals surface area contributed by atoms with Crippen LogP contribution in [0.5, 0.6) is 0 Å². The van der Waals surface area contributed by atoms with Gasteiger partial charge in [0.1, 0.15) is 0 Å². The van der Waals surface area contributed by atoms with Crippen molar-refractivity contribution >= 4 is 13.6 Å². The van der Waals surface area contributed by atoms with Gasteiger partial charge in [0.05, 0.1) is 0 Å². The number of hydrogen-bond donors (Lipinski definition) is 3. The summed E-state index contributed by atoms with van der Waals surface area (Å²) in [5, 5.41) is 11.0. The van der Waals surface area contributed by atoms with Crippen molar-refractivity contribution in [3.8, 4) is 0 Å². The Balaban J connectivity index is 4.17. The van der Waals surface area contributed by atoms with Gasteiger partial charge in [0.15, 0.2) is 5.54 Å². The fraction of sp³-hybridized carbons (Fsp3) is 0.833. The molecule has 8 heteroatoms. The predicted octanol–water partition coefficient (Wildman–Crippen LogP) is 0.554. The predicted molar refractivity (Wildman–Crippen MR) is 48.0 cm³/mol. The molecule has 0 spiro atoms. The van der Waals surface area contributed by atoms with Crippen LogP contribution in [0.1, 0.15) is 19.8 Å². The zero-order valence-electron chi connectivity index (χ0n) is 7.58. The van der Waals surface area contributed by atoms with Crippen LogP contribution in [-0.4, -0.2) is 32.6 Å². The van der Waals surface area contributed by atoms with Crippen molar-refractivity contribution in [3.05, 3.63) is 4.91 Å². The highest BCUT2D eigenvalue weighted by molar-refractivity contribution is 7.51. The van der Waals surface area contributed by atoms with Gasteiger partial charge in [-0.25, -0.2) is 4.79 Å². The van der Waals surface area contributed by atoms with Crippen LogP contribution < -0.4 is 0 Å². The third-order valence-electron chi connectivity index (χ3n) is 1.78. The lowest BCUT2D eigenvalue weighted by atomic mass is 9.98. The first-order valence-corrected chi connectivity index (χ1v) is 5.63. The molecule has 0 bridgehead atoms. The molecule has 0 rings (SSSR count). The number of hydrogen-bond acceptors (Lipinski definition) is 4. The summed E-state index contributed by atoms with van der Waals surface area (Å²) in [6.45, 7) is 1.11. The summed E-state index contributed by atoms with van der Waals surface area (Å²) in [5.74, 6) is -1.39. The summed E-state index contributed by atoms with van der Waals surface area (Å²) in [5.41, 5.74) is -1.80. The van der Waals surface area contributed by atoms with E-state index in [2.05, 4.69) is 5.18 Å². The van der Waals surface area contributed by atoms with E-state index in [0.29, 0.717) is 0 Å². The average molecular weight is 225 g/mol. The maximum absolute atomic E-state index is 10.5. The third kappa shape index (κ3) is 4.45. The Kier molecular flexibility index (Phi) is 4.38. The van der Waals surface area contributed by atoms with Gasteiger partial charge >= 0.3 is 13.6 Å². The highest BCUT2D eigenvalue weighted by Crippen LogP contribution is 2.36. The Morgan fingerprint density at radius 3 is 2.29 bits per heavy atom. The van der Waals surface area contributed by atoms with E-state index in [-0.39, 0.29) is 12.8 Å². The molecule has 0 saturated carbocycles. The van der Waals surface area contributed by atoms with Gasteiger partial charge in [-0.05, 0) is 19.8 Å². The van der Waals surface area contributed by atoms with E-state index in [1.807, 2.05) is 0 Å². The summed E-state index contributed by atoms with van der Waals surface area (Å²) < 4.78 is 10.4. The molecule has 0 heterocycles. The maximum Gasteiger partial charge on any atom is 0.334 e. The first kappa shape index (κ1) is 13.2. The fourth-order valence-electron chi connectivity index (χ4n) is 0.821. The summed E-state index contributed by atoms with van der Waals surface area (Å²) in [4.78, 5) is 37.7. The summed E-state index contributed by atoms with van der Waals surface area (Å²) in [6.07, 6.45) is -0.679. The second kappa shape index (κ2) is 4.63. The largest absolute Gasteiger partial charge is 0.479 e. The van der Waals surface area contributed by atoms with E-state index in [1.54, 1.807) is 0 Å². The number of aliphatic carboxylic acids is 1. The lowest BCUT2D eigenvalue weighted by molar-refractivity contribution is -0.142. The average Bonchev–Trinajstić information content (AvgIpc) is 2.01. The molecule has 0 aliphatic rings. The molecule has 0 aliphatic carbocycles. The van der Waals surface area contributed by atoms with Gasteiger partial charge in [0.2, 0.25) is 0 Å². The Morgan fingerprint density at radius 2 is 2.00 bits per heavy atom. The second-order valence-corrected chi connectivity index (χ2v) is 4.94. The summed E-state index contributed by atoms with van der Waals surface area (Å²) in [7, 11) is -4.13. The van der Waals surface area contributed by atoms with Crippen LogP contribution in [0.25, 0.3) is 0 Å². The molecule has 82 valence electrons.